The lowest BCUT2D eigenvalue weighted by atomic mass is 9.86. The summed E-state index contributed by atoms with van der Waals surface area (Å²) in [5, 5.41) is 9.11. The van der Waals surface area contributed by atoms with Gasteiger partial charge in [-0.1, -0.05) is 13.8 Å². The molecule has 102 valence electrons. The van der Waals surface area contributed by atoms with Crippen LogP contribution in [0.4, 0.5) is 0 Å². The van der Waals surface area contributed by atoms with E-state index in [4.69, 9.17) is 14.7 Å². The fraction of sp³-hybridized carbons (Fsp3) is 0.769. The predicted molar refractivity (Wildman–Crippen MR) is 65.3 cm³/mol. The van der Waals surface area contributed by atoms with E-state index in [1.165, 1.54) is 0 Å². The molecule has 0 aliphatic carbocycles. The van der Waals surface area contributed by atoms with Crippen molar-refractivity contribution in [2.75, 3.05) is 13.2 Å². The summed E-state index contributed by atoms with van der Waals surface area (Å²) in [6, 6.07) is 2.01. The van der Waals surface area contributed by atoms with E-state index >= 15 is 0 Å². The van der Waals surface area contributed by atoms with Crippen LogP contribution in [-0.2, 0) is 19.1 Å². The van der Waals surface area contributed by atoms with E-state index in [0.717, 1.165) is 0 Å². The minimum absolute atomic E-state index is 0.175. The van der Waals surface area contributed by atoms with Gasteiger partial charge in [-0.2, -0.15) is 5.26 Å². The van der Waals surface area contributed by atoms with Crippen LogP contribution in [0.5, 0.6) is 0 Å². The zero-order valence-electron chi connectivity index (χ0n) is 11.4. The van der Waals surface area contributed by atoms with Crippen LogP contribution in [0.15, 0.2) is 0 Å². The van der Waals surface area contributed by atoms with Crippen LogP contribution in [0.1, 0.15) is 34.1 Å². The summed E-state index contributed by atoms with van der Waals surface area (Å²) in [5.74, 6) is -2.99. The Morgan fingerprint density at radius 2 is 1.56 bits per heavy atom. The minimum atomic E-state index is -1.14. The lowest BCUT2D eigenvalue weighted by Crippen LogP contribution is -2.34. The second-order valence-corrected chi connectivity index (χ2v) is 4.35. The van der Waals surface area contributed by atoms with Gasteiger partial charge < -0.3 is 9.47 Å². The van der Waals surface area contributed by atoms with Gasteiger partial charge in [0.05, 0.1) is 25.2 Å². The molecule has 0 heterocycles. The molecule has 0 bridgehead atoms. The lowest BCUT2D eigenvalue weighted by molar-refractivity contribution is -0.163. The predicted octanol–water partition coefficient (Wildman–Crippen LogP) is 1.91. The maximum absolute atomic E-state index is 11.8. The van der Waals surface area contributed by atoms with Crippen molar-refractivity contribution in [3.05, 3.63) is 0 Å². The Morgan fingerprint density at radius 3 is 1.83 bits per heavy atom. The maximum Gasteiger partial charge on any atom is 0.321 e. The van der Waals surface area contributed by atoms with Crippen molar-refractivity contribution in [3.63, 3.8) is 0 Å². The molecular formula is C13H21NO4. The quantitative estimate of drug-likeness (QED) is 0.513. The van der Waals surface area contributed by atoms with E-state index in [1.54, 1.807) is 13.8 Å². The van der Waals surface area contributed by atoms with Crippen LogP contribution in [0, 0.1) is 29.1 Å². The zero-order valence-corrected chi connectivity index (χ0v) is 11.4. The molecule has 18 heavy (non-hydrogen) atoms. The Bertz CT molecular complexity index is 301. The van der Waals surface area contributed by atoms with Crippen molar-refractivity contribution in [2.45, 2.75) is 34.1 Å². The highest BCUT2D eigenvalue weighted by Gasteiger charge is 2.37. The van der Waals surface area contributed by atoms with E-state index in [9.17, 15) is 9.59 Å². The average molecular weight is 255 g/mol. The van der Waals surface area contributed by atoms with Crippen molar-refractivity contribution in [3.8, 4) is 6.07 Å². The van der Waals surface area contributed by atoms with Crippen LogP contribution in [0.2, 0.25) is 0 Å². The molecule has 0 amide bonds. The van der Waals surface area contributed by atoms with Gasteiger partial charge in [0.25, 0.3) is 0 Å². The van der Waals surface area contributed by atoms with E-state index in [1.807, 2.05) is 19.9 Å². The molecule has 0 unspecified atom stereocenters. The van der Waals surface area contributed by atoms with Gasteiger partial charge in [-0.05, 0) is 26.2 Å². The Kier molecular flexibility index (Phi) is 7.77. The topological polar surface area (TPSA) is 76.4 Å². The number of nitriles is 1. The maximum atomic E-state index is 11.8. The van der Waals surface area contributed by atoms with Crippen molar-refractivity contribution >= 4 is 11.9 Å². The number of rotatable bonds is 7. The number of carbonyl (C=O) groups is 2. The molecule has 1 atom stereocenters. The molecule has 0 saturated carbocycles. The molecule has 0 aliphatic heterocycles. The fourth-order valence-corrected chi connectivity index (χ4v) is 1.66. The Morgan fingerprint density at radius 1 is 1.11 bits per heavy atom. The molecule has 0 fully saturated rings. The van der Waals surface area contributed by atoms with Gasteiger partial charge in [0, 0.05) is 0 Å². The highest BCUT2D eigenvalue weighted by Crippen LogP contribution is 2.23. The number of hydrogen-bond donors (Lipinski definition) is 0. The fourth-order valence-electron chi connectivity index (χ4n) is 1.66. The summed E-state index contributed by atoms with van der Waals surface area (Å²) in [6.07, 6.45) is 0.457. The van der Waals surface area contributed by atoms with Gasteiger partial charge in [0.15, 0.2) is 5.92 Å². The second-order valence-electron chi connectivity index (χ2n) is 4.35. The molecule has 5 nitrogen and oxygen atoms in total. The summed E-state index contributed by atoms with van der Waals surface area (Å²) in [4.78, 5) is 23.5. The molecule has 0 saturated heterocycles. The molecule has 0 aromatic rings. The van der Waals surface area contributed by atoms with Gasteiger partial charge in [0.2, 0.25) is 0 Å². The van der Waals surface area contributed by atoms with Gasteiger partial charge in [-0.25, -0.2) is 0 Å². The standard InChI is InChI=1S/C13H21NO4/c1-5-17-12(15)11(13(16)18-6-2)10(8-14)7-9(3)4/h9-11H,5-7H2,1-4H3/t10-/m0/s1. The summed E-state index contributed by atoms with van der Waals surface area (Å²) < 4.78 is 9.69. The first kappa shape index (κ1) is 16.4. The summed E-state index contributed by atoms with van der Waals surface area (Å²) in [6.45, 7) is 7.52. The third kappa shape index (κ3) is 5.17. The van der Waals surface area contributed by atoms with Crippen molar-refractivity contribution in [1.82, 2.24) is 0 Å². The SMILES string of the molecule is CCOC(=O)C(C(=O)OCC)[C@H](C#N)CC(C)C. The number of esters is 2. The van der Waals surface area contributed by atoms with Crippen LogP contribution < -0.4 is 0 Å². The Hall–Kier alpha value is -1.57. The number of nitrogens with zero attached hydrogens (tertiary/aromatic N) is 1. The van der Waals surface area contributed by atoms with Crippen molar-refractivity contribution in [1.29, 1.82) is 5.26 Å². The number of ether oxygens (including phenoxy) is 2. The number of carbonyl (C=O) groups excluding carboxylic acids is 2. The molecule has 0 N–H and O–H groups in total. The van der Waals surface area contributed by atoms with Crippen molar-refractivity contribution in [2.24, 2.45) is 17.8 Å². The van der Waals surface area contributed by atoms with Crippen LogP contribution in [0.3, 0.4) is 0 Å². The van der Waals surface area contributed by atoms with Gasteiger partial charge in [-0.15, -0.1) is 0 Å². The van der Waals surface area contributed by atoms with Gasteiger partial charge in [0.1, 0.15) is 0 Å². The first-order valence-corrected chi connectivity index (χ1v) is 6.20. The third-order valence-electron chi connectivity index (χ3n) is 2.37. The third-order valence-corrected chi connectivity index (χ3v) is 2.37. The summed E-state index contributed by atoms with van der Waals surface area (Å²) >= 11 is 0. The van der Waals surface area contributed by atoms with Crippen LogP contribution in [0.25, 0.3) is 0 Å². The van der Waals surface area contributed by atoms with Gasteiger partial charge >= 0.3 is 11.9 Å². The summed E-state index contributed by atoms with van der Waals surface area (Å²) in [5.41, 5.74) is 0. The largest absolute Gasteiger partial charge is 0.465 e. The average Bonchev–Trinajstić information content (AvgIpc) is 2.28. The second kappa shape index (κ2) is 8.51. The molecule has 0 spiro atoms. The summed E-state index contributed by atoms with van der Waals surface area (Å²) in [7, 11) is 0. The Balaban J connectivity index is 4.99. The highest BCUT2D eigenvalue weighted by molar-refractivity contribution is 5.95. The molecule has 5 heteroatoms. The molecular weight excluding hydrogens is 234 g/mol. The first-order chi connectivity index (χ1) is 8.47. The van der Waals surface area contributed by atoms with E-state index in [0.29, 0.717) is 6.42 Å². The Labute approximate surface area is 108 Å². The molecule has 0 radical (unpaired) electrons. The first-order valence-electron chi connectivity index (χ1n) is 6.20. The van der Waals surface area contributed by atoms with E-state index in [2.05, 4.69) is 0 Å². The van der Waals surface area contributed by atoms with Crippen LogP contribution >= 0.6 is 0 Å². The number of hydrogen-bond acceptors (Lipinski definition) is 5. The van der Waals surface area contributed by atoms with Crippen molar-refractivity contribution < 1.29 is 19.1 Å². The smallest absolute Gasteiger partial charge is 0.321 e. The molecule has 0 aliphatic rings. The zero-order chi connectivity index (χ0) is 14.1. The minimum Gasteiger partial charge on any atom is -0.465 e. The monoisotopic (exact) mass is 255 g/mol. The van der Waals surface area contributed by atoms with Gasteiger partial charge in [-0.3, -0.25) is 9.59 Å². The lowest BCUT2D eigenvalue weighted by Gasteiger charge is -2.20. The highest BCUT2D eigenvalue weighted by atomic mass is 16.6. The normalized spacial score (nSPS) is 12.1. The molecule has 0 rings (SSSR count). The van der Waals surface area contributed by atoms with E-state index in [-0.39, 0.29) is 19.1 Å². The molecule has 0 aromatic carbocycles. The van der Waals surface area contributed by atoms with E-state index < -0.39 is 23.8 Å². The van der Waals surface area contributed by atoms with Crippen LogP contribution in [-0.4, -0.2) is 25.2 Å². The molecule has 0 aromatic heterocycles.